The highest BCUT2D eigenvalue weighted by Gasteiger charge is 2.49. The van der Waals surface area contributed by atoms with E-state index in [4.69, 9.17) is 4.74 Å². The lowest BCUT2D eigenvalue weighted by molar-refractivity contribution is -0.0879. The van der Waals surface area contributed by atoms with Gasteiger partial charge in [0.1, 0.15) is 0 Å². The summed E-state index contributed by atoms with van der Waals surface area (Å²) in [7, 11) is 0. The van der Waals surface area contributed by atoms with Gasteiger partial charge in [-0.1, -0.05) is 6.07 Å². The van der Waals surface area contributed by atoms with Crippen LogP contribution >= 0.6 is 0 Å². The van der Waals surface area contributed by atoms with E-state index in [-0.39, 0.29) is 17.1 Å². The first-order valence-electron chi connectivity index (χ1n) is 7.11. The van der Waals surface area contributed by atoms with Crippen LogP contribution in [0.3, 0.4) is 0 Å². The summed E-state index contributed by atoms with van der Waals surface area (Å²) in [6, 6.07) is 5.88. The molecule has 108 valence electrons. The van der Waals surface area contributed by atoms with Crippen LogP contribution in [0.1, 0.15) is 45.8 Å². The van der Waals surface area contributed by atoms with Gasteiger partial charge >= 0.3 is 0 Å². The average molecular weight is 274 g/mol. The van der Waals surface area contributed by atoms with Crippen LogP contribution in [-0.2, 0) is 4.74 Å². The molecule has 0 spiro atoms. The number of hydrogen-bond donors (Lipinski definition) is 1. The van der Waals surface area contributed by atoms with Crippen LogP contribution in [-0.4, -0.2) is 25.9 Å². The number of ether oxygens (including phenoxy) is 1. The molecule has 2 aromatic heterocycles. The van der Waals surface area contributed by atoms with Crippen LogP contribution in [0.2, 0.25) is 0 Å². The number of nitrogens with zero attached hydrogens (tertiary/aromatic N) is 2. The van der Waals surface area contributed by atoms with E-state index < -0.39 is 6.10 Å². The zero-order valence-corrected chi connectivity index (χ0v) is 12.5. The van der Waals surface area contributed by atoms with Crippen molar-refractivity contribution in [3.8, 4) is 0 Å². The molecule has 0 aliphatic carbocycles. The van der Waals surface area contributed by atoms with Gasteiger partial charge in [-0.25, -0.2) is 4.52 Å². The molecule has 1 saturated heterocycles. The van der Waals surface area contributed by atoms with E-state index in [1.807, 2.05) is 24.4 Å². The monoisotopic (exact) mass is 274 g/mol. The summed E-state index contributed by atoms with van der Waals surface area (Å²) in [5.41, 5.74) is 1.30. The molecule has 0 amide bonds. The second-order valence-corrected chi connectivity index (χ2v) is 6.85. The summed E-state index contributed by atoms with van der Waals surface area (Å²) in [5.74, 6) is 0.0608. The lowest BCUT2D eigenvalue weighted by atomic mass is 9.81. The topological polar surface area (TPSA) is 46.8 Å². The molecule has 3 heterocycles. The molecule has 2 aromatic rings. The van der Waals surface area contributed by atoms with Gasteiger partial charge in [-0.05, 0) is 46.2 Å². The van der Waals surface area contributed by atoms with Crippen LogP contribution in [0.25, 0.3) is 5.52 Å². The van der Waals surface area contributed by atoms with E-state index in [1.165, 1.54) is 0 Å². The molecular weight excluding hydrogens is 252 g/mol. The van der Waals surface area contributed by atoms with Crippen molar-refractivity contribution in [1.82, 2.24) is 9.61 Å². The highest BCUT2D eigenvalue weighted by molar-refractivity contribution is 5.54. The number of rotatable bonds is 2. The maximum absolute atomic E-state index is 10.8. The standard InChI is InChI=1S/C16H22N2O2/c1-15(2)9-12(16(3,4)20-15)14(19)11-10-17-18-8-6-5-7-13(11)18/h5-8,10,12,14,19H,9H2,1-4H3. The number of fused-ring (bicyclic) bond motifs is 1. The van der Waals surface area contributed by atoms with Crippen molar-refractivity contribution < 1.29 is 9.84 Å². The number of pyridine rings is 1. The normalized spacial score (nSPS) is 25.9. The van der Waals surface area contributed by atoms with Crippen LogP contribution in [0.5, 0.6) is 0 Å². The fraction of sp³-hybridized carbons (Fsp3) is 0.562. The van der Waals surface area contributed by atoms with E-state index >= 15 is 0 Å². The Bertz CT molecular complexity index is 630. The van der Waals surface area contributed by atoms with Gasteiger partial charge in [-0.15, -0.1) is 0 Å². The van der Waals surface area contributed by atoms with Crippen molar-refractivity contribution in [1.29, 1.82) is 0 Å². The van der Waals surface area contributed by atoms with Crippen molar-refractivity contribution in [3.63, 3.8) is 0 Å². The van der Waals surface area contributed by atoms with E-state index in [9.17, 15) is 5.11 Å². The molecule has 0 radical (unpaired) electrons. The quantitative estimate of drug-likeness (QED) is 0.916. The summed E-state index contributed by atoms with van der Waals surface area (Å²) in [4.78, 5) is 0. The molecule has 0 bridgehead atoms. The zero-order chi connectivity index (χ0) is 14.5. The van der Waals surface area contributed by atoms with E-state index in [1.54, 1.807) is 10.7 Å². The van der Waals surface area contributed by atoms with Gasteiger partial charge in [0.25, 0.3) is 0 Å². The minimum absolute atomic E-state index is 0.0608. The van der Waals surface area contributed by atoms with Gasteiger partial charge in [0, 0.05) is 17.7 Å². The maximum atomic E-state index is 10.8. The highest BCUT2D eigenvalue weighted by Crippen LogP contribution is 2.48. The summed E-state index contributed by atoms with van der Waals surface area (Å²) in [6.45, 7) is 8.28. The molecule has 3 rings (SSSR count). The lowest BCUT2D eigenvalue weighted by Crippen LogP contribution is -2.32. The van der Waals surface area contributed by atoms with Gasteiger partial charge in [0.05, 0.1) is 29.0 Å². The molecule has 1 N–H and O–H groups in total. The minimum Gasteiger partial charge on any atom is -0.388 e. The second-order valence-electron chi connectivity index (χ2n) is 6.85. The largest absolute Gasteiger partial charge is 0.388 e. The Hall–Kier alpha value is -1.39. The van der Waals surface area contributed by atoms with E-state index in [2.05, 4.69) is 32.8 Å². The van der Waals surface area contributed by atoms with E-state index in [0.29, 0.717) is 0 Å². The Labute approximate surface area is 119 Å². The predicted molar refractivity (Wildman–Crippen MR) is 77.5 cm³/mol. The first-order chi connectivity index (χ1) is 9.30. The Morgan fingerprint density at radius 2 is 2.10 bits per heavy atom. The number of hydrogen-bond acceptors (Lipinski definition) is 3. The van der Waals surface area contributed by atoms with Gasteiger partial charge in [0.2, 0.25) is 0 Å². The molecule has 4 heteroatoms. The number of aliphatic hydroxyl groups excluding tert-OH is 1. The minimum atomic E-state index is -0.563. The summed E-state index contributed by atoms with van der Waals surface area (Å²) >= 11 is 0. The Morgan fingerprint density at radius 3 is 2.75 bits per heavy atom. The third kappa shape index (κ3) is 2.13. The molecule has 1 aliphatic heterocycles. The average Bonchev–Trinajstić information content (AvgIpc) is 2.86. The second kappa shape index (κ2) is 4.30. The highest BCUT2D eigenvalue weighted by atomic mass is 16.5. The van der Waals surface area contributed by atoms with Crippen LogP contribution in [0, 0.1) is 5.92 Å². The Morgan fingerprint density at radius 1 is 1.35 bits per heavy atom. The molecule has 1 fully saturated rings. The third-order valence-electron chi connectivity index (χ3n) is 4.30. The Kier molecular flexibility index (Phi) is 2.92. The number of aromatic nitrogens is 2. The Balaban J connectivity index is 1.98. The molecule has 1 aliphatic rings. The maximum Gasteiger partial charge on any atom is 0.0883 e. The lowest BCUT2D eigenvalue weighted by Gasteiger charge is -2.30. The van der Waals surface area contributed by atoms with Crippen molar-refractivity contribution in [2.24, 2.45) is 5.92 Å². The molecule has 2 unspecified atom stereocenters. The number of aliphatic hydroxyl groups is 1. The first-order valence-corrected chi connectivity index (χ1v) is 7.11. The van der Waals surface area contributed by atoms with E-state index in [0.717, 1.165) is 17.5 Å². The van der Waals surface area contributed by atoms with Crippen molar-refractivity contribution in [3.05, 3.63) is 36.2 Å². The summed E-state index contributed by atoms with van der Waals surface area (Å²) < 4.78 is 7.89. The van der Waals surface area contributed by atoms with Gasteiger partial charge in [-0.3, -0.25) is 0 Å². The zero-order valence-electron chi connectivity index (χ0n) is 12.5. The molecule has 4 nitrogen and oxygen atoms in total. The van der Waals surface area contributed by atoms with Gasteiger partial charge in [-0.2, -0.15) is 5.10 Å². The summed E-state index contributed by atoms with van der Waals surface area (Å²) in [6.07, 6.45) is 3.94. The fourth-order valence-electron chi connectivity index (χ4n) is 3.50. The molecule has 0 aromatic carbocycles. The predicted octanol–water partition coefficient (Wildman–Crippen LogP) is 2.96. The molecule has 0 saturated carbocycles. The van der Waals surface area contributed by atoms with Crippen molar-refractivity contribution in [2.45, 2.75) is 51.4 Å². The smallest absolute Gasteiger partial charge is 0.0883 e. The van der Waals surface area contributed by atoms with Crippen LogP contribution in [0.4, 0.5) is 0 Å². The van der Waals surface area contributed by atoms with Crippen molar-refractivity contribution in [2.75, 3.05) is 0 Å². The molecule has 2 atom stereocenters. The first kappa shape index (κ1) is 13.6. The van der Waals surface area contributed by atoms with Crippen molar-refractivity contribution >= 4 is 5.52 Å². The fourth-order valence-corrected chi connectivity index (χ4v) is 3.50. The SMILES string of the molecule is CC1(C)CC(C(O)c2cnn3ccccc23)C(C)(C)O1. The third-order valence-corrected chi connectivity index (χ3v) is 4.30. The van der Waals surface area contributed by atoms with Crippen LogP contribution in [0.15, 0.2) is 30.6 Å². The van der Waals surface area contributed by atoms with Gasteiger partial charge < -0.3 is 9.84 Å². The summed E-state index contributed by atoms with van der Waals surface area (Å²) in [5, 5.41) is 15.2. The van der Waals surface area contributed by atoms with Gasteiger partial charge in [0.15, 0.2) is 0 Å². The van der Waals surface area contributed by atoms with Crippen LogP contribution < -0.4 is 0 Å². The molecular formula is C16H22N2O2. The molecule has 20 heavy (non-hydrogen) atoms.